The summed E-state index contributed by atoms with van der Waals surface area (Å²) in [6.45, 7) is 0. The summed E-state index contributed by atoms with van der Waals surface area (Å²) in [4.78, 5) is 7.47. The molecular weight excluding hydrogens is 687 g/mol. The highest BCUT2D eigenvalue weighted by Crippen LogP contribution is 2.43. The second kappa shape index (κ2) is 11.9. The molecule has 5 nitrogen and oxygen atoms in total. The Bertz CT molecular complexity index is 3330. The molecule has 3 heterocycles. The zero-order valence-corrected chi connectivity index (χ0v) is 30.1. The molecule has 12 aromatic rings. The first-order valence-corrected chi connectivity index (χ1v) is 18.9. The predicted octanol–water partition coefficient (Wildman–Crippen LogP) is 14.3. The molecule has 0 saturated heterocycles. The zero-order chi connectivity index (χ0) is 36.7. The number of nitrogens with zero attached hydrogens (tertiary/aromatic N) is 3. The van der Waals surface area contributed by atoms with Crippen LogP contribution in [-0.2, 0) is 0 Å². The molecule has 0 saturated carbocycles. The Morgan fingerprint density at radius 1 is 0.411 bits per heavy atom. The molecule has 0 N–H and O–H groups in total. The summed E-state index contributed by atoms with van der Waals surface area (Å²) in [5, 5.41) is 8.84. The molecule has 0 bridgehead atoms. The quantitative estimate of drug-likeness (QED) is 0.178. The number of aromatic nitrogens is 2. The Balaban J connectivity index is 1.07. The van der Waals surface area contributed by atoms with Gasteiger partial charge in [0.25, 0.3) is 0 Å². The van der Waals surface area contributed by atoms with E-state index in [1.807, 2.05) is 36.4 Å². The first-order valence-electron chi connectivity index (χ1n) is 18.9. The molecule has 0 radical (unpaired) electrons. The summed E-state index contributed by atoms with van der Waals surface area (Å²) in [7, 11) is 0. The van der Waals surface area contributed by atoms with Gasteiger partial charge in [0.05, 0.1) is 11.0 Å². The average molecular weight is 718 g/mol. The van der Waals surface area contributed by atoms with E-state index in [0.717, 1.165) is 111 Å². The third-order valence-corrected chi connectivity index (χ3v) is 11.2. The molecule has 0 fully saturated rings. The molecule has 0 unspecified atom stereocenters. The van der Waals surface area contributed by atoms with Crippen molar-refractivity contribution in [2.45, 2.75) is 0 Å². The van der Waals surface area contributed by atoms with Gasteiger partial charge >= 0.3 is 0 Å². The van der Waals surface area contributed by atoms with E-state index in [4.69, 9.17) is 13.8 Å². The molecule has 5 heteroatoms. The van der Waals surface area contributed by atoms with Crippen molar-refractivity contribution in [3.63, 3.8) is 0 Å². The van der Waals surface area contributed by atoms with Crippen LogP contribution in [0, 0.1) is 0 Å². The van der Waals surface area contributed by atoms with Gasteiger partial charge in [-0.1, -0.05) is 91.0 Å². The van der Waals surface area contributed by atoms with Crippen LogP contribution in [0.15, 0.2) is 197 Å². The fourth-order valence-electron chi connectivity index (χ4n) is 8.52. The lowest BCUT2D eigenvalue weighted by atomic mass is 10.0. The first kappa shape index (κ1) is 30.8. The van der Waals surface area contributed by atoms with Gasteiger partial charge in [0.1, 0.15) is 28.2 Å². The van der Waals surface area contributed by atoms with Gasteiger partial charge in [0.15, 0.2) is 0 Å². The number of furan rings is 2. The number of para-hydroxylation sites is 5. The lowest BCUT2D eigenvalue weighted by Crippen LogP contribution is -2.10. The Morgan fingerprint density at radius 2 is 0.929 bits per heavy atom. The fourth-order valence-corrected chi connectivity index (χ4v) is 8.52. The fraction of sp³-hybridized carbons (Fsp3) is 0. The second-order valence-electron chi connectivity index (χ2n) is 14.4. The molecule has 262 valence electrons. The monoisotopic (exact) mass is 717 g/mol. The van der Waals surface area contributed by atoms with Crippen molar-refractivity contribution in [2.24, 2.45) is 0 Å². The van der Waals surface area contributed by atoms with Gasteiger partial charge in [-0.3, -0.25) is 4.57 Å². The molecule has 0 spiro atoms. The smallest absolute Gasteiger partial charge is 0.145 e. The van der Waals surface area contributed by atoms with Crippen LogP contribution in [0.3, 0.4) is 0 Å². The lowest BCUT2D eigenvalue weighted by Gasteiger charge is -2.26. The van der Waals surface area contributed by atoms with Crippen molar-refractivity contribution >= 4 is 93.5 Å². The Kier molecular flexibility index (Phi) is 6.56. The molecular formula is C51H31N3O2. The normalized spacial score (nSPS) is 11.9. The molecule has 9 aromatic carbocycles. The maximum absolute atomic E-state index is 6.54. The summed E-state index contributed by atoms with van der Waals surface area (Å²) in [6, 6.07) is 66.1. The Labute approximate surface area is 320 Å². The SMILES string of the molecule is c1ccc(-n2c(-c3ccc(N(c4ccc5ccc6c7ccccc7oc6c5c4)c4ccc5ccc6c7ccccc7oc6c5c4)cc3)nc3ccccc32)cc1. The standard InChI is InChI=1S/C51H31N3O2/c1-2-10-35(11-3-1)54-46-15-7-6-14-45(46)52-51(54)34-20-24-36(25-21-34)53(37-26-18-32-22-28-41-39-12-4-8-16-47(39)55-49(41)43(32)30-37)38-27-19-33-23-29-42-40-13-5-9-17-48(40)56-50(42)44(33)31-38/h1-31H. The number of hydrogen-bond donors (Lipinski definition) is 0. The van der Waals surface area contributed by atoms with Gasteiger partial charge in [-0.05, 0) is 108 Å². The minimum Gasteiger partial charge on any atom is -0.455 e. The Morgan fingerprint density at radius 3 is 1.55 bits per heavy atom. The zero-order valence-electron chi connectivity index (χ0n) is 30.1. The van der Waals surface area contributed by atoms with Crippen molar-refractivity contribution in [1.82, 2.24) is 9.55 Å². The van der Waals surface area contributed by atoms with Gasteiger partial charge in [-0.15, -0.1) is 0 Å². The number of rotatable bonds is 5. The minimum absolute atomic E-state index is 0.888. The predicted molar refractivity (Wildman–Crippen MR) is 231 cm³/mol. The number of anilines is 3. The molecule has 3 aromatic heterocycles. The molecule has 0 atom stereocenters. The van der Waals surface area contributed by atoms with E-state index in [2.05, 4.69) is 161 Å². The van der Waals surface area contributed by atoms with Crippen molar-refractivity contribution in [3.05, 3.63) is 188 Å². The van der Waals surface area contributed by atoms with E-state index in [1.54, 1.807) is 0 Å². The Hall–Kier alpha value is -7.63. The molecule has 12 rings (SSSR count). The first-order chi connectivity index (χ1) is 27.7. The third kappa shape index (κ3) is 4.64. The number of hydrogen-bond acceptors (Lipinski definition) is 4. The van der Waals surface area contributed by atoms with E-state index >= 15 is 0 Å². The van der Waals surface area contributed by atoms with Crippen LogP contribution in [0.4, 0.5) is 17.1 Å². The van der Waals surface area contributed by atoms with Crippen LogP contribution in [0.25, 0.3) is 93.5 Å². The third-order valence-electron chi connectivity index (χ3n) is 11.2. The van der Waals surface area contributed by atoms with Crippen molar-refractivity contribution in [3.8, 4) is 17.1 Å². The minimum atomic E-state index is 0.888. The van der Waals surface area contributed by atoms with Crippen molar-refractivity contribution in [2.75, 3.05) is 4.90 Å². The average Bonchev–Trinajstić information content (AvgIpc) is 3.96. The van der Waals surface area contributed by atoms with Gasteiger partial charge in [0, 0.05) is 60.6 Å². The van der Waals surface area contributed by atoms with Gasteiger partial charge in [-0.2, -0.15) is 0 Å². The van der Waals surface area contributed by atoms with E-state index in [0.29, 0.717) is 0 Å². The van der Waals surface area contributed by atoms with E-state index < -0.39 is 0 Å². The van der Waals surface area contributed by atoms with Crippen LogP contribution < -0.4 is 4.90 Å². The second-order valence-corrected chi connectivity index (χ2v) is 14.4. The summed E-state index contributed by atoms with van der Waals surface area (Å²) in [5.74, 6) is 0.895. The highest BCUT2D eigenvalue weighted by Gasteiger charge is 2.20. The molecule has 56 heavy (non-hydrogen) atoms. The van der Waals surface area contributed by atoms with Crippen LogP contribution in [0.1, 0.15) is 0 Å². The van der Waals surface area contributed by atoms with Crippen molar-refractivity contribution in [1.29, 1.82) is 0 Å². The molecule has 0 aliphatic rings. The van der Waals surface area contributed by atoms with Gasteiger partial charge < -0.3 is 13.7 Å². The number of benzene rings is 9. The molecule has 0 aliphatic heterocycles. The number of fused-ring (bicyclic) bond motifs is 11. The van der Waals surface area contributed by atoms with Crippen LogP contribution >= 0.6 is 0 Å². The maximum atomic E-state index is 6.54. The van der Waals surface area contributed by atoms with E-state index in [9.17, 15) is 0 Å². The van der Waals surface area contributed by atoms with Gasteiger partial charge in [0.2, 0.25) is 0 Å². The van der Waals surface area contributed by atoms with Crippen molar-refractivity contribution < 1.29 is 8.83 Å². The maximum Gasteiger partial charge on any atom is 0.145 e. The van der Waals surface area contributed by atoms with E-state index in [-0.39, 0.29) is 0 Å². The van der Waals surface area contributed by atoms with Crippen LogP contribution in [0.5, 0.6) is 0 Å². The summed E-state index contributed by atoms with van der Waals surface area (Å²) < 4.78 is 15.3. The summed E-state index contributed by atoms with van der Waals surface area (Å²) in [6.07, 6.45) is 0. The summed E-state index contributed by atoms with van der Waals surface area (Å²) in [5.41, 5.74) is 10.7. The topological polar surface area (TPSA) is 47.3 Å². The van der Waals surface area contributed by atoms with Crippen LogP contribution in [0.2, 0.25) is 0 Å². The lowest BCUT2D eigenvalue weighted by molar-refractivity contribution is 0.672. The largest absolute Gasteiger partial charge is 0.455 e. The van der Waals surface area contributed by atoms with E-state index in [1.165, 1.54) is 0 Å². The molecule has 0 amide bonds. The highest BCUT2D eigenvalue weighted by atomic mass is 16.3. The summed E-state index contributed by atoms with van der Waals surface area (Å²) >= 11 is 0. The van der Waals surface area contributed by atoms with Gasteiger partial charge in [-0.25, -0.2) is 4.98 Å². The van der Waals surface area contributed by atoms with Crippen LogP contribution in [-0.4, -0.2) is 9.55 Å². The highest BCUT2D eigenvalue weighted by molar-refractivity contribution is 6.17. The molecule has 0 aliphatic carbocycles. The number of imidazole rings is 1.